The Morgan fingerprint density at radius 3 is 2.41 bits per heavy atom. The largest absolute Gasteiger partial charge is 0.316 e. The van der Waals surface area contributed by atoms with Crippen molar-refractivity contribution in [3.8, 4) is 0 Å². The van der Waals surface area contributed by atoms with Gasteiger partial charge in [0, 0.05) is 12.0 Å². The second-order valence-corrected chi connectivity index (χ2v) is 5.84. The van der Waals surface area contributed by atoms with Crippen molar-refractivity contribution in [3.05, 3.63) is 35.9 Å². The molecule has 0 bridgehead atoms. The second kappa shape index (κ2) is 5.22. The molecule has 0 heterocycles. The third kappa shape index (κ3) is 2.55. The van der Waals surface area contributed by atoms with E-state index in [2.05, 4.69) is 56.4 Å². The number of rotatable bonds is 5. The average molecular weight is 231 g/mol. The van der Waals surface area contributed by atoms with Gasteiger partial charge in [-0.2, -0.15) is 0 Å². The van der Waals surface area contributed by atoms with Crippen LogP contribution in [0.15, 0.2) is 30.3 Å². The lowest BCUT2D eigenvalue weighted by Gasteiger charge is -2.50. The molecule has 0 amide bonds. The van der Waals surface area contributed by atoms with E-state index in [1.165, 1.54) is 18.4 Å². The zero-order valence-corrected chi connectivity index (χ0v) is 11.4. The zero-order valence-electron chi connectivity index (χ0n) is 11.4. The summed E-state index contributed by atoms with van der Waals surface area (Å²) in [6, 6.07) is 11.1. The second-order valence-electron chi connectivity index (χ2n) is 5.84. The van der Waals surface area contributed by atoms with Gasteiger partial charge in [-0.3, -0.25) is 0 Å². The van der Waals surface area contributed by atoms with E-state index in [4.69, 9.17) is 0 Å². The molecule has 17 heavy (non-hydrogen) atoms. The van der Waals surface area contributed by atoms with Crippen LogP contribution in [0.25, 0.3) is 0 Å². The zero-order chi connectivity index (χ0) is 12.3. The molecule has 1 saturated carbocycles. The van der Waals surface area contributed by atoms with Crippen LogP contribution in [0.2, 0.25) is 0 Å². The topological polar surface area (TPSA) is 12.0 Å². The van der Waals surface area contributed by atoms with Crippen molar-refractivity contribution in [2.45, 2.75) is 39.0 Å². The van der Waals surface area contributed by atoms with Crippen LogP contribution in [-0.2, 0) is 5.41 Å². The Balaban J connectivity index is 2.11. The molecule has 1 fully saturated rings. The normalized spacial score (nSPS) is 28.1. The van der Waals surface area contributed by atoms with Crippen molar-refractivity contribution in [2.24, 2.45) is 11.8 Å². The minimum absolute atomic E-state index is 0.409. The summed E-state index contributed by atoms with van der Waals surface area (Å²) in [7, 11) is 0. The van der Waals surface area contributed by atoms with Gasteiger partial charge in [-0.15, -0.1) is 0 Å². The van der Waals surface area contributed by atoms with E-state index in [1.807, 2.05) is 0 Å². The molecule has 1 aromatic rings. The summed E-state index contributed by atoms with van der Waals surface area (Å²) in [5.74, 6) is 1.74. The minimum Gasteiger partial charge on any atom is -0.316 e. The molecule has 94 valence electrons. The maximum absolute atomic E-state index is 3.55. The molecule has 2 rings (SSSR count). The molecule has 0 aliphatic heterocycles. The van der Waals surface area contributed by atoms with Crippen LogP contribution in [0.4, 0.5) is 0 Å². The smallest absolute Gasteiger partial charge is 0.00832 e. The Morgan fingerprint density at radius 1 is 1.24 bits per heavy atom. The van der Waals surface area contributed by atoms with Crippen molar-refractivity contribution in [2.75, 3.05) is 13.1 Å². The molecule has 1 nitrogen and oxygen atoms in total. The van der Waals surface area contributed by atoms with Gasteiger partial charge in [0.1, 0.15) is 0 Å². The van der Waals surface area contributed by atoms with E-state index in [9.17, 15) is 0 Å². The van der Waals surface area contributed by atoms with Crippen molar-refractivity contribution in [3.63, 3.8) is 0 Å². The summed E-state index contributed by atoms with van der Waals surface area (Å²) in [5.41, 5.74) is 1.93. The predicted octanol–water partition coefficient (Wildman–Crippen LogP) is 3.60. The predicted molar refractivity (Wildman–Crippen MR) is 74.2 cm³/mol. The van der Waals surface area contributed by atoms with Gasteiger partial charge in [-0.05, 0) is 36.8 Å². The number of benzene rings is 1. The maximum atomic E-state index is 3.55. The van der Waals surface area contributed by atoms with E-state index < -0.39 is 0 Å². The van der Waals surface area contributed by atoms with E-state index in [1.54, 1.807) is 0 Å². The third-order valence-corrected chi connectivity index (χ3v) is 4.35. The van der Waals surface area contributed by atoms with Gasteiger partial charge in [0.05, 0.1) is 0 Å². The number of nitrogens with one attached hydrogen (secondary N) is 1. The van der Waals surface area contributed by atoms with Crippen molar-refractivity contribution >= 4 is 0 Å². The van der Waals surface area contributed by atoms with Crippen molar-refractivity contribution < 1.29 is 0 Å². The van der Waals surface area contributed by atoms with Gasteiger partial charge < -0.3 is 5.32 Å². The van der Waals surface area contributed by atoms with Crippen LogP contribution in [0, 0.1) is 11.8 Å². The summed E-state index contributed by atoms with van der Waals surface area (Å²) < 4.78 is 0. The molecule has 0 radical (unpaired) electrons. The molecule has 1 aromatic carbocycles. The number of likely N-dealkylation sites (N-methyl/N-ethyl adjacent to an activating group) is 1. The van der Waals surface area contributed by atoms with Gasteiger partial charge in [0.2, 0.25) is 0 Å². The van der Waals surface area contributed by atoms with Crippen molar-refractivity contribution in [1.29, 1.82) is 0 Å². The highest BCUT2D eigenvalue weighted by Gasteiger charge is 2.45. The third-order valence-electron chi connectivity index (χ3n) is 4.35. The van der Waals surface area contributed by atoms with Crippen molar-refractivity contribution in [1.82, 2.24) is 5.32 Å². The van der Waals surface area contributed by atoms with Crippen LogP contribution in [0.5, 0.6) is 0 Å². The molecule has 0 spiro atoms. The fourth-order valence-corrected chi connectivity index (χ4v) is 3.05. The first kappa shape index (κ1) is 12.6. The first-order valence-electron chi connectivity index (χ1n) is 6.94. The summed E-state index contributed by atoms with van der Waals surface area (Å²) in [5, 5.41) is 3.55. The molecule has 1 aliphatic rings. The van der Waals surface area contributed by atoms with Crippen LogP contribution in [-0.4, -0.2) is 13.1 Å². The SMILES string of the molecule is CCNCC1(c2ccccc2)CC(C(C)C)C1. The molecule has 1 N–H and O–H groups in total. The monoisotopic (exact) mass is 231 g/mol. The Hall–Kier alpha value is -0.820. The molecule has 0 aromatic heterocycles. The van der Waals surface area contributed by atoms with Gasteiger partial charge in [-0.25, -0.2) is 0 Å². The van der Waals surface area contributed by atoms with Crippen LogP contribution in [0.3, 0.4) is 0 Å². The summed E-state index contributed by atoms with van der Waals surface area (Å²) in [4.78, 5) is 0. The van der Waals surface area contributed by atoms with Gasteiger partial charge in [0.25, 0.3) is 0 Å². The van der Waals surface area contributed by atoms with E-state index in [-0.39, 0.29) is 0 Å². The first-order valence-corrected chi connectivity index (χ1v) is 6.94. The van der Waals surface area contributed by atoms with E-state index in [0.717, 1.165) is 24.9 Å². The van der Waals surface area contributed by atoms with Crippen LogP contribution >= 0.6 is 0 Å². The Kier molecular flexibility index (Phi) is 3.88. The Morgan fingerprint density at radius 2 is 1.88 bits per heavy atom. The Bertz CT molecular complexity index is 336. The van der Waals surface area contributed by atoms with Gasteiger partial charge in [0.15, 0.2) is 0 Å². The molecule has 0 atom stereocenters. The van der Waals surface area contributed by atoms with E-state index >= 15 is 0 Å². The fourth-order valence-electron chi connectivity index (χ4n) is 3.05. The van der Waals surface area contributed by atoms with Crippen LogP contribution in [0.1, 0.15) is 39.2 Å². The lowest BCUT2D eigenvalue weighted by Crippen LogP contribution is -2.50. The lowest BCUT2D eigenvalue weighted by atomic mass is 9.56. The van der Waals surface area contributed by atoms with Crippen LogP contribution < -0.4 is 5.32 Å². The lowest BCUT2D eigenvalue weighted by molar-refractivity contribution is 0.0982. The minimum atomic E-state index is 0.409. The molecular formula is C16H25N. The van der Waals surface area contributed by atoms with Gasteiger partial charge >= 0.3 is 0 Å². The average Bonchev–Trinajstić information content (AvgIpc) is 2.28. The standard InChI is InChI=1S/C16H25N/c1-4-17-12-16(10-14(11-16)13(2)3)15-8-6-5-7-9-15/h5-9,13-14,17H,4,10-12H2,1-3H3. The first-order chi connectivity index (χ1) is 8.18. The summed E-state index contributed by atoms with van der Waals surface area (Å²) in [6.07, 6.45) is 2.70. The van der Waals surface area contributed by atoms with E-state index in [0.29, 0.717) is 5.41 Å². The maximum Gasteiger partial charge on any atom is 0.00832 e. The summed E-state index contributed by atoms with van der Waals surface area (Å²) in [6.45, 7) is 9.11. The molecule has 1 heteroatoms. The number of hydrogen-bond acceptors (Lipinski definition) is 1. The van der Waals surface area contributed by atoms with Gasteiger partial charge in [-0.1, -0.05) is 51.1 Å². The Labute approximate surface area is 106 Å². The quantitative estimate of drug-likeness (QED) is 0.816. The highest BCUT2D eigenvalue weighted by Crippen LogP contribution is 2.50. The highest BCUT2D eigenvalue weighted by molar-refractivity contribution is 5.29. The number of hydrogen-bond donors (Lipinski definition) is 1. The molecule has 1 aliphatic carbocycles. The molecule has 0 unspecified atom stereocenters. The molecule has 0 saturated heterocycles. The fraction of sp³-hybridized carbons (Fsp3) is 0.625. The highest BCUT2D eigenvalue weighted by atomic mass is 14.9. The molecular weight excluding hydrogens is 206 g/mol. The summed E-state index contributed by atoms with van der Waals surface area (Å²) >= 11 is 0.